The molecule has 0 radical (unpaired) electrons. The number of hydrogen-bond donors (Lipinski definition) is 2. The Labute approximate surface area is 79.1 Å². The van der Waals surface area contributed by atoms with Gasteiger partial charge in [-0.3, -0.25) is 0 Å². The summed E-state index contributed by atoms with van der Waals surface area (Å²) < 4.78 is 0. The van der Waals surface area contributed by atoms with Gasteiger partial charge >= 0.3 is 0 Å². The van der Waals surface area contributed by atoms with Gasteiger partial charge in [0.2, 0.25) is 0 Å². The number of nitrogens with one attached hydrogen (secondary N) is 2. The van der Waals surface area contributed by atoms with Gasteiger partial charge in [-0.05, 0) is 12.8 Å². The maximum absolute atomic E-state index is 10.6. The Morgan fingerprint density at radius 1 is 1.15 bits per heavy atom. The van der Waals surface area contributed by atoms with Crippen molar-refractivity contribution in [2.45, 2.75) is 39.3 Å². The third-order valence-corrected chi connectivity index (χ3v) is 2.09. The van der Waals surface area contributed by atoms with Crippen molar-refractivity contribution in [3.63, 3.8) is 0 Å². The van der Waals surface area contributed by atoms with Crippen LogP contribution in [0.3, 0.4) is 0 Å². The monoisotopic (exact) mass is 186 g/mol. The second kappa shape index (κ2) is 6.74. The van der Waals surface area contributed by atoms with Crippen LogP contribution in [0.25, 0.3) is 0 Å². The van der Waals surface area contributed by atoms with Crippen LogP contribution in [0.4, 0.5) is 0 Å². The van der Waals surface area contributed by atoms with E-state index >= 15 is 0 Å². The van der Waals surface area contributed by atoms with Gasteiger partial charge in [0.05, 0.1) is 12.1 Å². The third-order valence-electron chi connectivity index (χ3n) is 2.09. The molecule has 0 spiro atoms. The highest BCUT2D eigenvalue weighted by Crippen LogP contribution is 2.04. The predicted molar refractivity (Wildman–Crippen MR) is 51.1 cm³/mol. The van der Waals surface area contributed by atoms with Crippen LogP contribution in [0.15, 0.2) is 0 Å². The van der Waals surface area contributed by atoms with Crippen molar-refractivity contribution >= 4 is 12.6 Å². The van der Waals surface area contributed by atoms with Crippen molar-refractivity contribution in [1.29, 1.82) is 0 Å². The molecule has 0 fully saturated rings. The topological polar surface area (TPSA) is 58.2 Å². The smallest absolute Gasteiger partial charge is 0.138 e. The van der Waals surface area contributed by atoms with Crippen molar-refractivity contribution in [1.82, 2.24) is 10.9 Å². The zero-order valence-corrected chi connectivity index (χ0v) is 8.41. The van der Waals surface area contributed by atoms with Gasteiger partial charge in [-0.1, -0.05) is 20.3 Å². The molecule has 0 aliphatic rings. The van der Waals surface area contributed by atoms with Crippen LogP contribution < -0.4 is 10.9 Å². The fraction of sp³-hybridized carbons (Fsp3) is 0.778. The third kappa shape index (κ3) is 4.75. The highest BCUT2D eigenvalue weighted by Gasteiger charge is 2.14. The van der Waals surface area contributed by atoms with Crippen molar-refractivity contribution in [3.05, 3.63) is 0 Å². The lowest BCUT2D eigenvalue weighted by Crippen LogP contribution is -2.49. The van der Waals surface area contributed by atoms with E-state index in [4.69, 9.17) is 0 Å². The minimum absolute atomic E-state index is 0.229. The Kier molecular flexibility index (Phi) is 6.36. The molecule has 4 heteroatoms. The standard InChI is InChI=1S/C9H18N2O2/c1-4-7(2)9(6-13)11-10-8(3)5-12/h5-11H,4H2,1-3H3/t7-,8-,9+/m0/s1. The molecule has 0 heterocycles. The van der Waals surface area contributed by atoms with Crippen LogP contribution in [-0.4, -0.2) is 24.7 Å². The Hall–Kier alpha value is -0.740. The fourth-order valence-electron chi connectivity index (χ4n) is 0.826. The normalized spacial score (nSPS) is 17.5. The molecule has 2 N–H and O–H groups in total. The zero-order chi connectivity index (χ0) is 10.3. The first-order valence-electron chi connectivity index (χ1n) is 4.57. The summed E-state index contributed by atoms with van der Waals surface area (Å²) in [6.45, 7) is 5.73. The molecule has 0 bridgehead atoms. The largest absolute Gasteiger partial charge is 0.302 e. The Morgan fingerprint density at radius 2 is 1.77 bits per heavy atom. The summed E-state index contributed by atoms with van der Waals surface area (Å²) in [6, 6.07) is -0.501. The van der Waals surface area contributed by atoms with Crippen molar-refractivity contribution < 1.29 is 9.59 Å². The minimum Gasteiger partial charge on any atom is -0.302 e. The molecule has 0 aromatic heterocycles. The van der Waals surface area contributed by atoms with E-state index in [1.165, 1.54) is 0 Å². The molecule has 0 amide bonds. The lowest BCUT2D eigenvalue weighted by Gasteiger charge is -2.20. The molecular weight excluding hydrogens is 168 g/mol. The van der Waals surface area contributed by atoms with Crippen molar-refractivity contribution in [3.8, 4) is 0 Å². The number of hydrazine groups is 1. The highest BCUT2D eigenvalue weighted by atomic mass is 16.1. The molecule has 0 unspecified atom stereocenters. The molecule has 0 aromatic rings. The average Bonchev–Trinajstić information content (AvgIpc) is 2.17. The van der Waals surface area contributed by atoms with Crippen LogP contribution >= 0.6 is 0 Å². The maximum Gasteiger partial charge on any atom is 0.138 e. The van der Waals surface area contributed by atoms with E-state index in [-0.39, 0.29) is 18.0 Å². The first-order chi connectivity index (χ1) is 6.15. The molecule has 13 heavy (non-hydrogen) atoms. The van der Waals surface area contributed by atoms with Crippen molar-refractivity contribution in [2.24, 2.45) is 5.92 Å². The highest BCUT2D eigenvalue weighted by molar-refractivity contribution is 5.59. The lowest BCUT2D eigenvalue weighted by atomic mass is 10.0. The second-order valence-electron chi connectivity index (χ2n) is 3.26. The van der Waals surface area contributed by atoms with Gasteiger partial charge in [-0.2, -0.15) is 0 Å². The zero-order valence-electron chi connectivity index (χ0n) is 8.41. The number of hydrogen-bond acceptors (Lipinski definition) is 4. The molecule has 0 rings (SSSR count). The SMILES string of the molecule is CC[C@H](C)[C@@H](C=O)NN[C@@H](C)C=O. The van der Waals surface area contributed by atoms with Crippen LogP contribution in [0.1, 0.15) is 27.2 Å². The van der Waals surface area contributed by atoms with Gasteiger partial charge in [0, 0.05) is 0 Å². The Bertz CT molecular complexity index is 162. The quantitative estimate of drug-likeness (QED) is 0.443. The van der Waals surface area contributed by atoms with E-state index in [1.807, 2.05) is 13.8 Å². The minimum atomic E-state index is -0.272. The van der Waals surface area contributed by atoms with E-state index in [2.05, 4.69) is 10.9 Å². The molecule has 0 saturated carbocycles. The summed E-state index contributed by atoms with van der Waals surface area (Å²) in [7, 11) is 0. The fourth-order valence-corrected chi connectivity index (χ4v) is 0.826. The predicted octanol–water partition coefficient (Wildman–Crippen LogP) is 0.282. The molecule has 4 nitrogen and oxygen atoms in total. The van der Waals surface area contributed by atoms with Gasteiger partial charge in [0.1, 0.15) is 12.6 Å². The molecule has 0 aromatic carbocycles. The lowest BCUT2D eigenvalue weighted by molar-refractivity contribution is -0.112. The number of carbonyl (C=O) groups excluding carboxylic acids is 2. The average molecular weight is 186 g/mol. The van der Waals surface area contributed by atoms with Gasteiger partial charge in [-0.25, -0.2) is 10.9 Å². The summed E-state index contributed by atoms with van der Waals surface area (Å²) in [5.41, 5.74) is 5.57. The Morgan fingerprint density at radius 3 is 2.15 bits per heavy atom. The molecule has 0 saturated heterocycles. The van der Waals surface area contributed by atoms with Gasteiger partial charge < -0.3 is 9.59 Å². The second-order valence-corrected chi connectivity index (χ2v) is 3.26. The van der Waals surface area contributed by atoms with Crippen molar-refractivity contribution in [2.75, 3.05) is 0 Å². The van der Waals surface area contributed by atoms with Crippen LogP contribution in [0.5, 0.6) is 0 Å². The number of aldehydes is 2. The maximum atomic E-state index is 10.6. The molecule has 0 aliphatic carbocycles. The van der Waals surface area contributed by atoms with E-state index in [0.717, 1.165) is 19.0 Å². The van der Waals surface area contributed by atoms with Crippen LogP contribution in [-0.2, 0) is 9.59 Å². The van der Waals surface area contributed by atoms with Gasteiger partial charge in [0.25, 0.3) is 0 Å². The van der Waals surface area contributed by atoms with E-state index in [1.54, 1.807) is 6.92 Å². The summed E-state index contributed by atoms with van der Waals surface area (Å²) >= 11 is 0. The van der Waals surface area contributed by atoms with Crippen LogP contribution in [0, 0.1) is 5.92 Å². The summed E-state index contributed by atoms with van der Waals surface area (Å²) in [5.74, 6) is 0.267. The summed E-state index contributed by atoms with van der Waals surface area (Å²) in [6.07, 6.45) is 2.57. The first-order valence-corrected chi connectivity index (χ1v) is 4.57. The molecule has 0 aliphatic heterocycles. The van der Waals surface area contributed by atoms with E-state index in [9.17, 15) is 9.59 Å². The van der Waals surface area contributed by atoms with E-state index in [0.29, 0.717) is 0 Å². The summed E-state index contributed by atoms with van der Waals surface area (Å²) in [5, 5.41) is 0. The van der Waals surface area contributed by atoms with Gasteiger partial charge in [0.15, 0.2) is 0 Å². The molecule has 3 atom stereocenters. The van der Waals surface area contributed by atoms with Crippen LogP contribution in [0.2, 0.25) is 0 Å². The van der Waals surface area contributed by atoms with E-state index < -0.39 is 0 Å². The first kappa shape index (κ1) is 12.3. The number of carbonyl (C=O) groups is 2. The van der Waals surface area contributed by atoms with Gasteiger partial charge in [-0.15, -0.1) is 0 Å². The molecule has 76 valence electrons. The number of rotatable bonds is 7. The molecular formula is C9H18N2O2. The Balaban J connectivity index is 3.84. The summed E-state index contributed by atoms with van der Waals surface area (Å²) in [4.78, 5) is 20.9.